The first-order chi connectivity index (χ1) is 11.7. The molecule has 4 heteroatoms. The number of hydrogen-bond donors (Lipinski definition) is 1. The Morgan fingerprint density at radius 2 is 1.80 bits per heavy atom. The maximum atomic E-state index is 12.6. The second-order valence-corrected chi connectivity index (χ2v) is 8.19. The highest BCUT2D eigenvalue weighted by Crippen LogP contribution is 2.25. The average Bonchev–Trinajstić information content (AvgIpc) is 2.57. The molecule has 4 nitrogen and oxygen atoms in total. The molecule has 1 amide bonds. The van der Waals surface area contributed by atoms with Gasteiger partial charge in [-0.3, -0.25) is 9.69 Å². The Bertz CT molecular complexity index is 587. The van der Waals surface area contributed by atoms with E-state index in [0.29, 0.717) is 5.92 Å². The summed E-state index contributed by atoms with van der Waals surface area (Å²) < 4.78 is 0. The molecule has 0 unspecified atom stereocenters. The number of piperazine rings is 1. The number of anilines is 1. The zero-order chi connectivity index (χ0) is 18.6. The van der Waals surface area contributed by atoms with Crippen LogP contribution in [0.3, 0.4) is 0 Å². The molecule has 0 saturated carbocycles. The Balaban J connectivity index is 1.94. The first-order valence-corrected chi connectivity index (χ1v) is 9.58. The number of nitrogens with zero attached hydrogens (tertiary/aromatic N) is 2. The normalized spacial score (nSPS) is 16.4. The summed E-state index contributed by atoms with van der Waals surface area (Å²) in [6, 6.07) is 6.51. The molecule has 1 aliphatic rings. The molecule has 2 rings (SSSR count). The molecule has 0 aliphatic carbocycles. The molecule has 140 valence electrons. The molecule has 1 aliphatic heterocycles. The van der Waals surface area contributed by atoms with Gasteiger partial charge in [-0.25, -0.2) is 0 Å². The van der Waals surface area contributed by atoms with Gasteiger partial charge in [-0.2, -0.15) is 0 Å². The van der Waals surface area contributed by atoms with Gasteiger partial charge in [-0.15, -0.1) is 0 Å². The van der Waals surface area contributed by atoms with Gasteiger partial charge in [0.1, 0.15) is 0 Å². The van der Waals surface area contributed by atoms with Gasteiger partial charge in [0.2, 0.25) is 5.91 Å². The zero-order valence-electron chi connectivity index (χ0n) is 16.9. The van der Waals surface area contributed by atoms with Crippen molar-refractivity contribution in [1.82, 2.24) is 10.2 Å². The number of carbonyl (C=O) groups excluding carboxylic acids is 1. The predicted octanol–water partition coefficient (Wildman–Crippen LogP) is 3.37. The summed E-state index contributed by atoms with van der Waals surface area (Å²) in [5.74, 6) is 0.762. The second-order valence-electron chi connectivity index (χ2n) is 8.19. The van der Waals surface area contributed by atoms with Crippen molar-refractivity contribution < 1.29 is 4.79 Å². The van der Waals surface area contributed by atoms with Gasteiger partial charge in [-0.1, -0.05) is 26.0 Å². The maximum Gasteiger partial charge on any atom is 0.239 e. The van der Waals surface area contributed by atoms with Crippen LogP contribution in [0.1, 0.15) is 45.2 Å². The molecule has 1 heterocycles. The van der Waals surface area contributed by atoms with Crippen LogP contribution in [0.5, 0.6) is 0 Å². The maximum absolute atomic E-state index is 12.6. The lowest BCUT2D eigenvalue weighted by Gasteiger charge is -2.44. The minimum atomic E-state index is -0.454. The summed E-state index contributed by atoms with van der Waals surface area (Å²) in [6.45, 7) is 17.4. The standard InChI is InChI=1S/C21H35N3O/c1-16(2)10-11-22-20(25)21(5,6)24-14-12-23(13-15-24)19-9-7-8-17(3)18(19)4/h7-9,16H,10-15H2,1-6H3,(H,22,25). The molecular formula is C21H35N3O. The van der Waals surface area contributed by atoms with Crippen LogP contribution in [-0.2, 0) is 4.79 Å². The van der Waals surface area contributed by atoms with E-state index in [9.17, 15) is 4.79 Å². The Hall–Kier alpha value is -1.55. The fraction of sp³-hybridized carbons (Fsp3) is 0.667. The van der Waals surface area contributed by atoms with Crippen molar-refractivity contribution >= 4 is 11.6 Å². The van der Waals surface area contributed by atoms with Gasteiger partial charge in [-0.05, 0) is 57.2 Å². The SMILES string of the molecule is Cc1cccc(N2CCN(C(C)(C)C(=O)NCCC(C)C)CC2)c1C. The van der Waals surface area contributed by atoms with E-state index in [1.807, 2.05) is 13.8 Å². The van der Waals surface area contributed by atoms with E-state index in [4.69, 9.17) is 0 Å². The topological polar surface area (TPSA) is 35.6 Å². The van der Waals surface area contributed by atoms with Crippen LogP contribution in [0.4, 0.5) is 5.69 Å². The smallest absolute Gasteiger partial charge is 0.239 e. The number of nitrogens with one attached hydrogen (secondary N) is 1. The summed E-state index contributed by atoms with van der Waals surface area (Å²) >= 11 is 0. The van der Waals surface area contributed by atoms with Gasteiger partial charge in [0.15, 0.2) is 0 Å². The van der Waals surface area contributed by atoms with Crippen molar-refractivity contribution in [2.45, 2.75) is 53.5 Å². The molecule has 25 heavy (non-hydrogen) atoms. The summed E-state index contributed by atoms with van der Waals surface area (Å²) in [4.78, 5) is 17.4. The number of hydrogen-bond acceptors (Lipinski definition) is 3. The Morgan fingerprint density at radius 1 is 1.16 bits per heavy atom. The molecule has 1 saturated heterocycles. The molecule has 1 aromatic carbocycles. The van der Waals surface area contributed by atoms with E-state index < -0.39 is 5.54 Å². The summed E-state index contributed by atoms with van der Waals surface area (Å²) in [5, 5.41) is 3.12. The third-order valence-electron chi connectivity index (χ3n) is 5.55. The quantitative estimate of drug-likeness (QED) is 0.859. The largest absolute Gasteiger partial charge is 0.369 e. The summed E-state index contributed by atoms with van der Waals surface area (Å²) in [7, 11) is 0. The highest BCUT2D eigenvalue weighted by Gasteiger charge is 2.36. The third kappa shape index (κ3) is 4.75. The Kier molecular flexibility index (Phi) is 6.50. The molecule has 1 fully saturated rings. The number of aryl methyl sites for hydroxylation is 1. The Labute approximate surface area is 153 Å². The summed E-state index contributed by atoms with van der Waals surface area (Å²) in [6.07, 6.45) is 1.03. The van der Waals surface area contributed by atoms with Gasteiger partial charge in [0.05, 0.1) is 5.54 Å². The van der Waals surface area contributed by atoms with Gasteiger partial charge in [0.25, 0.3) is 0 Å². The van der Waals surface area contributed by atoms with Gasteiger partial charge in [0, 0.05) is 38.4 Å². The van der Waals surface area contributed by atoms with Crippen LogP contribution in [-0.4, -0.2) is 49.1 Å². The molecule has 1 aromatic rings. The van der Waals surface area contributed by atoms with Crippen LogP contribution >= 0.6 is 0 Å². The summed E-state index contributed by atoms with van der Waals surface area (Å²) in [5.41, 5.74) is 3.58. The second kappa shape index (κ2) is 8.22. The van der Waals surface area contributed by atoms with Crippen LogP contribution < -0.4 is 10.2 Å². The van der Waals surface area contributed by atoms with Crippen LogP contribution in [0, 0.1) is 19.8 Å². The minimum Gasteiger partial charge on any atom is -0.369 e. The van der Waals surface area contributed by atoms with E-state index in [1.165, 1.54) is 16.8 Å². The van der Waals surface area contributed by atoms with Crippen molar-refractivity contribution in [2.24, 2.45) is 5.92 Å². The molecule has 0 bridgehead atoms. The van der Waals surface area contributed by atoms with Gasteiger partial charge < -0.3 is 10.2 Å². The highest BCUT2D eigenvalue weighted by atomic mass is 16.2. The van der Waals surface area contributed by atoms with Crippen molar-refractivity contribution in [3.63, 3.8) is 0 Å². The number of rotatable bonds is 6. The van der Waals surface area contributed by atoms with Crippen molar-refractivity contribution in [3.8, 4) is 0 Å². The minimum absolute atomic E-state index is 0.147. The first-order valence-electron chi connectivity index (χ1n) is 9.58. The molecule has 0 aromatic heterocycles. The molecule has 0 radical (unpaired) electrons. The highest BCUT2D eigenvalue weighted by molar-refractivity contribution is 5.85. The molecule has 1 N–H and O–H groups in total. The monoisotopic (exact) mass is 345 g/mol. The van der Waals surface area contributed by atoms with Crippen molar-refractivity contribution in [1.29, 1.82) is 0 Å². The predicted molar refractivity (Wildman–Crippen MR) is 106 cm³/mol. The Morgan fingerprint density at radius 3 is 2.40 bits per heavy atom. The molecule has 0 atom stereocenters. The number of amides is 1. The molecular weight excluding hydrogens is 310 g/mol. The van der Waals surface area contributed by atoms with Crippen LogP contribution in [0.15, 0.2) is 18.2 Å². The lowest BCUT2D eigenvalue weighted by Crippen LogP contribution is -2.60. The van der Waals surface area contributed by atoms with Crippen molar-refractivity contribution in [3.05, 3.63) is 29.3 Å². The van der Waals surface area contributed by atoms with Crippen LogP contribution in [0.2, 0.25) is 0 Å². The lowest BCUT2D eigenvalue weighted by molar-refractivity contribution is -0.132. The van der Waals surface area contributed by atoms with E-state index in [1.54, 1.807) is 0 Å². The first kappa shape index (κ1) is 19.8. The van der Waals surface area contributed by atoms with E-state index >= 15 is 0 Å². The molecule has 0 spiro atoms. The van der Waals surface area contributed by atoms with Gasteiger partial charge >= 0.3 is 0 Å². The zero-order valence-corrected chi connectivity index (χ0v) is 16.9. The fourth-order valence-corrected chi connectivity index (χ4v) is 3.42. The average molecular weight is 346 g/mol. The van der Waals surface area contributed by atoms with E-state index in [-0.39, 0.29) is 5.91 Å². The number of benzene rings is 1. The van der Waals surface area contributed by atoms with E-state index in [2.05, 4.69) is 61.0 Å². The van der Waals surface area contributed by atoms with Crippen LogP contribution in [0.25, 0.3) is 0 Å². The third-order valence-corrected chi connectivity index (χ3v) is 5.55. The lowest BCUT2D eigenvalue weighted by atomic mass is 9.99. The fourth-order valence-electron chi connectivity index (χ4n) is 3.42. The number of carbonyl (C=O) groups is 1. The van der Waals surface area contributed by atoms with E-state index in [0.717, 1.165) is 39.1 Å². The van der Waals surface area contributed by atoms with Crippen molar-refractivity contribution in [2.75, 3.05) is 37.6 Å².